The highest BCUT2D eigenvalue weighted by Gasteiger charge is 2.24. The minimum Gasteiger partial charge on any atom is -0.493 e. The van der Waals surface area contributed by atoms with E-state index in [0.29, 0.717) is 24.3 Å². The van der Waals surface area contributed by atoms with Crippen LogP contribution in [0.25, 0.3) is 0 Å². The molecule has 1 unspecified atom stereocenters. The van der Waals surface area contributed by atoms with Gasteiger partial charge < -0.3 is 20.5 Å². The molecule has 1 heterocycles. The van der Waals surface area contributed by atoms with Crippen LogP contribution in [0.4, 0.5) is 10.5 Å². The molecule has 0 bridgehead atoms. The molecule has 9 heteroatoms. The number of carboxylic acid groups (broad SMARTS) is 1. The van der Waals surface area contributed by atoms with Gasteiger partial charge in [-0.25, -0.2) is 18.0 Å². The van der Waals surface area contributed by atoms with Crippen LogP contribution in [0.1, 0.15) is 17.2 Å². The molecule has 0 saturated carbocycles. The first-order valence-corrected chi connectivity index (χ1v) is 9.99. The van der Waals surface area contributed by atoms with Crippen molar-refractivity contribution in [2.75, 3.05) is 18.2 Å². The highest BCUT2D eigenvalue weighted by molar-refractivity contribution is 7.90. The molecule has 0 fully saturated rings. The largest absolute Gasteiger partial charge is 0.493 e. The van der Waals surface area contributed by atoms with Gasteiger partial charge in [0.15, 0.2) is 15.9 Å². The molecule has 0 radical (unpaired) electrons. The Balaban J connectivity index is 1.76. The number of anilines is 1. The van der Waals surface area contributed by atoms with E-state index in [-0.39, 0.29) is 10.6 Å². The first-order chi connectivity index (χ1) is 12.7. The van der Waals surface area contributed by atoms with Crippen LogP contribution in [-0.2, 0) is 21.1 Å². The normalized spacial score (nSPS) is 14.0. The molecule has 1 aliphatic heterocycles. The van der Waals surface area contributed by atoms with Crippen LogP contribution in [0, 0.1) is 0 Å². The van der Waals surface area contributed by atoms with E-state index in [1.54, 1.807) is 18.2 Å². The Labute approximate surface area is 156 Å². The summed E-state index contributed by atoms with van der Waals surface area (Å²) >= 11 is 0. The summed E-state index contributed by atoms with van der Waals surface area (Å²) in [6, 6.07) is 8.67. The highest BCUT2D eigenvalue weighted by atomic mass is 32.2. The van der Waals surface area contributed by atoms with Gasteiger partial charge in [-0.3, -0.25) is 0 Å². The molecule has 8 nitrogen and oxygen atoms in total. The van der Waals surface area contributed by atoms with Crippen LogP contribution >= 0.6 is 0 Å². The third-order valence-electron chi connectivity index (χ3n) is 4.09. The van der Waals surface area contributed by atoms with Crippen molar-refractivity contribution in [2.24, 2.45) is 0 Å². The zero-order valence-electron chi connectivity index (χ0n) is 14.4. The topological polar surface area (TPSA) is 122 Å². The van der Waals surface area contributed by atoms with Gasteiger partial charge in [-0.2, -0.15) is 0 Å². The third-order valence-corrected chi connectivity index (χ3v) is 5.20. The standard InChI is InChI=1S/C18H18N2O6S/c1-27(24,25)14-4-2-3-13(10-14)19-18(23)20-16(17(21)22)12-5-6-15-11(9-12)7-8-26-15/h2-6,9-10,16H,7-8H2,1H3,(H,21,22)(H2,19,20,23). The van der Waals surface area contributed by atoms with E-state index in [1.807, 2.05) is 0 Å². The second kappa shape index (κ2) is 7.28. The van der Waals surface area contributed by atoms with Crippen LogP contribution in [0.15, 0.2) is 47.4 Å². The van der Waals surface area contributed by atoms with Crippen molar-refractivity contribution in [3.63, 3.8) is 0 Å². The molecule has 1 aliphatic rings. The number of hydrogen-bond acceptors (Lipinski definition) is 5. The van der Waals surface area contributed by atoms with Crippen molar-refractivity contribution < 1.29 is 27.9 Å². The van der Waals surface area contributed by atoms with Gasteiger partial charge in [0.1, 0.15) is 5.75 Å². The summed E-state index contributed by atoms with van der Waals surface area (Å²) in [7, 11) is -3.42. The summed E-state index contributed by atoms with van der Waals surface area (Å²) in [5.74, 6) is -0.501. The lowest BCUT2D eigenvalue weighted by molar-refractivity contribution is -0.139. The molecule has 142 valence electrons. The summed E-state index contributed by atoms with van der Waals surface area (Å²) in [5, 5.41) is 14.3. The molecular formula is C18H18N2O6S. The molecule has 2 amide bonds. The van der Waals surface area contributed by atoms with Crippen molar-refractivity contribution in [3.05, 3.63) is 53.6 Å². The van der Waals surface area contributed by atoms with Gasteiger partial charge in [-0.05, 0) is 41.5 Å². The van der Waals surface area contributed by atoms with Crippen LogP contribution in [0.3, 0.4) is 0 Å². The van der Waals surface area contributed by atoms with E-state index >= 15 is 0 Å². The smallest absolute Gasteiger partial charge is 0.330 e. The second-order valence-electron chi connectivity index (χ2n) is 6.14. The van der Waals surface area contributed by atoms with E-state index in [0.717, 1.165) is 11.8 Å². The number of benzene rings is 2. The Bertz CT molecular complexity index is 1000. The minimum atomic E-state index is -3.42. The number of carbonyl (C=O) groups is 2. The Morgan fingerprint density at radius 1 is 1.19 bits per heavy atom. The van der Waals surface area contributed by atoms with Gasteiger partial charge in [-0.15, -0.1) is 0 Å². The number of amides is 2. The summed E-state index contributed by atoms with van der Waals surface area (Å²) < 4.78 is 28.6. The van der Waals surface area contributed by atoms with Gasteiger partial charge >= 0.3 is 12.0 Å². The fourth-order valence-electron chi connectivity index (χ4n) is 2.78. The molecule has 0 aliphatic carbocycles. The number of ether oxygens (including phenoxy) is 1. The van der Waals surface area contributed by atoms with Crippen LogP contribution < -0.4 is 15.4 Å². The summed E-state index contributed by atoms with van der Waals surface area (Å²) in [6.07, 6.45) is 1.74. The third kappa shape index (κ3) is 4.37. The number of carboxylic acids is 1. The fraction of sp³-hybridized carbons (Fsp3) is 0.222. The van der Waals surface area contributed by atoms with Gasteiger partial charge in [0.25, 0.3) is 0 Å². The number of carbonyl (C=O) groups excluding carboxylic acids is 1. The Morgan fingerprint density at radius 2 is 1.96 bits per heavy atom. The van der Waals surface area contributed by atoms with E-state index in [2.05, 4.69) is 10.6 Å². The van der Waals surface area contributed by atoms with Crippen LogP contribution in [0.5, 0.6) is 5.75 Å². The number of rotatable bonds is 5. The van der Waals surface area contributed by atoms with Crippen molar-refractivity contribution >= 4 is 27.5 Å². The molecular weight excluding hydrogens is 372 g/mol. The number of urea groups is 1. The van der Waals surface area contributed by atoms with E-state index in [1.165, 1.54) is 24.3 Å². The number of hydrogen-bond donors (Lipinski definition) is 3. The Hall–Kier alpha value is -3.07. The molecule has 0 spiro atoms. The lowest BCUT2D eigenvalue weighted by atomic mass is 10.0. The average Bonchev–Trinajstić information content (AvgIpc) is 3.06. The maximum atomic E-state index is 12.2. The van der Waals surface area contributed by atoms with Crippen LogP contribution in [0.2, 0.25) is 0 Å². The monoisotopic (exact) mass is 390 g/mol. The number of fused-ring (bicyclic) bond motifs is 1. The maximum Gasteiger partial charge on any atom is 0.330 e. The molecule has 27 heavy (non-hydrogen) atoms. The average molecular weight is 390 g/mol. The maximum absolute atomic E-state index is 12.2. The first kappa shape index (κ1) is 18.7. The molecule has 3 N–H and O–H groups in total. The molecule has 3 rings (SSSR count). The zero-order valence-corrected chi connectivity index (χ0v) is 15.2. The molecule has 2 aromatic rings. The summed E-state index contributed by atoms with van der Waals surface area (Å²) in [4.78, 5) is 23.9. The zero-order chi connectivity index (χ0) is 19.6. The molecule has 1 atom stereocenters. The van der Waals surface area contributed by atoms with Gasteiger partial charge in [0.05, 0.1) is 11.5 Å². The lowest BCUT2D eigenvalue weighted by Crippen LogP contribution is -2.36. The number of nitrogens with one attached hydrogen (secondary N) is 2. The Kier molecular flexibility index (Phi) is 5.04. The molecule has 0 aromatic heterocycles. The van der Waals surface area contributed by atoms with Crippen molar-refractivity contribution in [1.29, 1.82) is 0 Å². The first-order valence-electron chi connectivity index (χ1n) is 8.10. The highest BCUT2D eigenvalue weighted by Crippen LogP contribution is 2.28. The van der Waals surface area contributed by atoms with Crippen LogP contribution in [-0.4, -0.2) is 38.4 Å². The molecule has 0 saturated heterocycles. The van der Waals surface area contributed by atoms with Crippen molar-refractivity contribution in [2.45, 2.75) is 17.4 Å². The minimum absolute atomic E-state index is 0.0497. The summed E-state index contributed by atoms with van der Waals surface area (Å²) in [6.45, 7) is 0.543. The van der Waals surface area contributed by atoms with E-state index in [9.17, 15) is 23.1 Å². The van der Waals surface area contributed by atoms with Crippen molar-refractivity contribution in [3.8, 4) is 5.75 Å². The fourth-order valence-corrected chi connectivity index (χ4v) is 3.44. The van der Waals surface area contributed by atoms with Gasteiger partial charge in [-0.1, -0.05) is 12.1 Å². The number of aliphatic carboxylic acids is 1. The van der Waals surface area contributed by atoms with E-state index in [4.69, 9.17) is 4.74 Å². The van der Waals surface area contributed by atoms with Gasteiger partial charge in [0, 0.05) is 18.4 Å². The predicted octanol–water partition coefficient (Wildman–Crippen LogP) is 1.97. The quantitative estimate of drug-likeness (QED) is 0.718. The lowest BCUT2D eigenvalue weighted by Gasteiger charge is -2.16. The Morgan fingerprint density at radius 3 is 2.67 bits per heavy atom. The molecule has 2 aromatic carbocycles. The van der Waals surface area contributed by atoms with Crippen molar-refractivity contribution in [1.82, 2.24) is 5.32 Å². The SMILES string of the molecule is CS(=O)(=O)c1cccc(NC(=O)NC(C(=O)O)c2ccc3c(c2)CCO3)c1. The summed E-state index contributed by atoms with van der Waals surface area (Å²) in [5.41, 5.74) is 1.55. The van der Waals surface area contributed by atoms with Gasteiger partial charge in [0.2, 0.25) is 0 Å². The number of sulfone groups is 1. The predicted molar refractivity (Wildman–Crippen MR) is 97.7 cm³/mol. The second-order valence-corrected chi connectivity index (χ2v) is 8.15. The van der Waals surface area contributed by atoms with E-state index < -0.39 is 27.9 Å².